The highest BCUT2D eigenvalue weighted by Gasteiger charge is 2.21. The number of anilines is 1. The number of fused-ring (bicyclic) bond motifs is 1. The van der Waals surface area contributed by atoms with E-state index in [1.807, 2.05) is 27.1 Å². The second-order valence-electron chi connectivity index (χ2n) is 5.23. The molecule has 4 nitrogen and oxygen atoms in total. The van der Waals surface area contributed by atoms with E-state index >= 15 is 0 Å². The molecule has 3 N–H and O–H groups in total. The van der Waals surface area contributed by atoms with E-state index in [-0.39, 0.29) is 18.0 Å². The van der Waals surface area contributed by atoms with E-state index in [9.17, 15) is 4.79 Å². The Hall–Kier alpha value is -1.39. The highest BCUT2D eigenvalue weighted by atomic mass is 16.1. The van der Waals surface area contributed by atoms with Gasteiger partial charge in [-0.15, -0.1) is 0 Å². The van der Waals surface area contributed by atoms with Gasteiger partial charge in [0.2, 0.25) is 5.91 Å². The standard InChI is InChI=1S/C14H21N3O/c1-9(15)14(17(2)3)11-4-6-12-10(8-11)5-7-13(18)16-12/h4,6,8-9,14H,5,7,15H2,1-3H3,(H,16,18). The Morgan fingerprint density at radius 3 is 2.67 bits per heavy atom. The molecule has 0 radical (unpaired) electrons. The summed E-state index contributed by atoms with van der Waals surface area (Å²) in [6, 6.07) is 6.48. The van der Waals surface area contributed by atoms with Crippen LogP contribution in [0.4, 0.5) is 5.69 Å². The Morgan fingerprint density at radius 1 is 1.33 bits per heavy atom. The molecule has 18 heavy (non-hydrogen) atoms. The summed E-state index contributed by atoms with van der Waals surface area (Å²) in [4.78, 5) is 13.5. The number of aryl methyl sites for hydroxylation is 1. The van der Waals surface area contributed by atoms with Gasteiger partial charge in [-0.2, -0.15) is 0 Å². The molecule has 0 aliphatic carbocycles. The Bertz CT molecular complexity index is 446. The van der Waals surface area contributed by atoms with E-state index < -0.39 is 0 Å². The number of nitrogens with two attached hydrogens (primary N) is 1. The predicted molar refractivity (Wildman–Crippen MR) is 73.5 cm³/mol. The average molecular weight is 247 g/mol. The molecule has 0 fully saturated rings. The van der Waals surface area contributed by atoms with Gasteiger partial charge < -0.3 is 16.0 Å². The van der Waals surface area contributed by atoms with Crippen molar-refractivity contribution in [1.29, 1.82) is 0 Å². The minimum atomic E-state index is 0.0660. The van der Waals surface area contributed by atoms with Gasteiger partial charge in [-0.05, 0) is 44.6 Å². The van der Waals surface area contributed by atoms with Gasteiger partial charge in [0, 0.05) is 24.2 Å². The third-order valence-electron chi connectivity index (χ3n) is 3.42. The van der Waals surface area contributed by atoms with Gasteiger partial charge in [0.1, 0.15) is 0 Å². The number of nitrogens with one attached hydrogen (secondary N) is 1. The first-order valence-electron chi connectivity index (χ1n) is 6.33. The van der Waals surface area contributed by atoms with Crippen LogP contribution in [0.2, 0.25) is 0 Å². The number of rotatable bonds is 3. The number of likely N-dealkylation sites (N-methyl/N-ethyl adjacent to an activating group) is 1. The van der Waals surface area contributed by atoms with Gasteiger partial charge in [0.25, 0.3) is 0 Å². The Morgan fingerprint density at radius 2 is 2.06 bits per heavy atom. The molecule has 0 spiro atoms. The molecule has 0 saturated carbocycles. The lowest BCUT2D eigenvalue weighted by atomic mass is 9.94. The van der Waals surface area contributed by atoms with Crippen molar-refractivity contribution in [1.82, 2.24) is 4.90 Å². The molecule has 98 valence electrons. The van der Waals surface area contributed by atoms with Crippen molar-refractivity contribution >= 4 is 11.6 Å². The Balaban J connectivity index is 2.33. The Labute approximate surface area is 108 Å². The molecule has 1 heterocycles. The maximum atomic E-state index is 11.3. The number of nitrogens with zero attached hydrogens (tertiary/aromatic N) is 1. The van der Waals surface area contributed by atoms with E-state index in [1.54, 1.807) is 0 Å². The summed E-state index contributed by atoms with van der Waals surface area (Å²) < 4.78 is 0. The summed E-state index contributed by atoms with van der Waals surface area (Å²) in [5, 5.41) is 2.90. The van der Waals surface area contributed by atoms with Crippen molar-refractivity contribution in [2.45, 2.75) is 31.8 Å². The lowest BCUT2D eigenvalue weighted by Gasteiger charge is -2.29. The minimum Gasteiger partial charge on any atom is -0.326 e. The van der Waals surface area contributed by atoms with Crippen LogP contribution in [0.1, 0.15) is 30.5 Å². The van der Waals surface area contributed by atoms with Crippen LogP contribution < -0.4 is 11.1 Å². The smallest absolute Gasteiger partial charge is 0.224 e. The van der Waals surface area contributed by atoms with Crippen molar-refractivity contribution in [2.75, 3.05) is 19.4 Å². The van der Waals surface area contributed by atoms with Gasteiger partial charge >= 0.3 is 0 Å². The lowest BCUT2D eigenvalue weighted by Crippen LogP contribution is -2.35. The Kier molecular flexibility index (Phi) is 3.68. The zero-order chi connectivity index (χ0) is 13.3. The SMILES string of the molecule is CC(N)C(c1ccc2c(c1)CCC(=O)N2)N(C)C. The highest BCUT2D eigenvalue weighted by Crippen LogP contribution is 2.28. The maximum absolute atomic E-state index is 11.3. The van der Waals surface area contributed by atoms with Crippen molar-refractivity contribution in [3.63, 3.8) is 0 Å². The molecular formula is C14H21N3O. The number of amides is 1. The van der Waals surface area contributed by atoms with E-state index in [0.717, 1.165) is 12.1 Å². The van der Waals surface area contributed by atoms with Crippen LogP contribution in [0.3, 0.4) is 0 Å². The van der Waals surface area contributed by atoms with Crippen LogP contribution in [0, 0.1) is 0 Å². The van der Waals surface area contributed by atoms with Gasteiger partial charge in [0.05, 0.1) is 0 Å². The third-order valence-corrected chi connectivity index (χ3v) is 3.42. The summed E-state index contributed by atoms with van der Waals surface area (Å²) >= 11 is 0. The minimum absolute atomic E-state index is 0.0660. The number of carbonyl (C=O) groups excluding carboxylic acids is 1. The van der Waals surface area contributed by atoms with Crippen LogP contribution >= 0.6 is 0 Å². The van der Waals surface area contributed by atoms with Crippen molar-refractivity contribution in [3.8, 4) is 0 Å². The first kappa shape index (κ1) is 13.1. The molecule has 2 unspecified atom stereocenters. The topological polar surface area (TPSA) is 58.4 Å². The summed E-state index contributed by atoms with van der Waals surface area (Å²) in [6.45, 7) is 2.02. The van der Waals surface area contributed by atoms with Gasteiger partial charge in [0.15, 0.2) is 0 Å². The van der Waals surface area contributed by atoms with Gasteiger partial charge in [-0.25, -0.2) is 0 Å². The largest absolute Gasteiger partial charge is 0.326 e. The van der Waals surface area contributed by atoms with E-state index in [2.05, 4.69) is 22.3 Å². The maximum Gasteiger partial charge on any atom is 0.224 e. The summed E-state index contributed by atoms with van der Waals surface area (Å²) in [7, 11) is 4.07. The average Bonchev–Trinajstić information content (AvgIpc) is 2.28. The highest BCUT2D eigenvalue weighted by molar-refractivity contribution is 5.93. The summed E-state index contributed by atoms with van der Waals surface area (Å²) in [6.07, 6.45) is 1.38. The fourth-order valence-electron chi connectivity index (χ4n) is 2.66. The van der Waals surface area contributed by atoms with Crippen LogP contribution in [-0.4, -0.2) is 30.9 Å². The molecule has 0 aromatic heterocycles. The fourth-order valence-corrected chi connectivity index (χ4v) is 2.66. The van der Waals surface area contributed by atoms with Crippen LogP contribution in [-0.2, 0) is 11.2 Å². The normalized spacial score (nSPS) is 18.2. The van der Waals surface area contributed by atoms with Crippen molar-refractivity contribution in [2.24, 2.45) is 5.73 Å². The molecule has 2 atom stereocenters. The van der Waals surface area contributed by atoms with Crippen molar-refractivity contribution < 1.29 is 4.79 Å². The van der Waals surface area contributed by atoms with E-state index in [4.69, 9.17) is 5.73 Å². The predicted octanol–water partition coefficient (Wildman–Crippen LogP) is 1.52. The number of hydrogen-bond donors (Lipinski definition) is 2. The van der Waals surface area contributed by atoms with Gasteiger partial charge in [-0.3, -0.25) is 4.79 Å². The first-order chi connectivity index (χ1) is 8.49. The second-order valence-corrected chi connectivity index (χ2v) is 5.23. The number of benzene rings is 1. The molecule has 1 aromatic carbocycles. The fraction of sp³-hybridized carbons (Fsp3) is 0.500. The van der Waals surface area contributed by atoms with Crippen LogP contribution in [0.5, 0.6) is 0 Å². The van der Waals surface area contributed by atoms with E-state index in [1.165, 1.54) is 11.1 Å². The molecule has 1 aliphatic heterocycles. The molecule has 1 aliphatic rings. The molecule has 0 saturated heterocycles. The number of carbonyl (C=O) groups is 1. The molecule has 0 bridgehead atoms. The monoisotopic (exact) mass is 247 g/mol. The third kappa shape index (κ3) is 2.54. The number of hydrogen-bond acceptors (Lipinski definition) is 3. The first-order valence-corrected chi connectivity index (χ1v) is 6.33. The van der Waals surface area contributed by atoms with Crippen LogP contribution in [0.25, 0.3) is 0 Å². The molecular weight excluding hydrogens is 226 g/mol. The molecule has 1 amide bonds. The molecule has 4 heteroatoms. The van der Waals surface area contributed by atoms with Gasteiger partial charge in [-0.1, -0.05) is 12.1 Å². The zero-order valence-electron chi connectivity index (χ0n) is 11.2. The molecule has 2 rings (SSSR count). The lowest BCUT2D eigenvalue weighted by molar-refractivity contribution is -0.116. The van der Waals surface area contributed by atoms with E-state index in [0.29, 0.717) is 6.42 Å². The quantitative estimate of drug-likeness (QED) is 0.851. The van der Waals surface area contributed by atoms with Crippen molar-refractivity contribution in [3.05, 3.63) is 29.3 Å². The zero-order valence-corrected chi connectivity index (χ0v) is 11.2. The summed E-state index contributed by atoms with van der Waals surface area (Å²) in [5.74, 6) is 0.103. The summed E-state index contributed by atoms with van der Waals surface area (Å²) in [5.41, 5.74) is 9.42. The van der Waals surface area contributed by atoms with Crippen LogP contribution in [0.15, 0.2) is 18.2 Å². The molecule has 1 aromatic rings. The second kappa shape index (κ2) is 5.08.